The van der Waals surface area contributed by atoms with Gasteiger partial charge in [0.2, 0.25) is 5.91 Å². The molecule has 0 aliphatic heterocycles. The number of rotatable bonds is 9. The standard InChI is InChI=1S/C24H23N3O3S2/c1-30-18-7-4-6-17(14-18)26-23(28)16-32-22-15-27(20-9-3-2-8-19(20)22)12-11-25-24(29)21-10-5-13-31-21/h2-10,13-15H,11-12,16H2,1H3,(H,25,29)(H,26,28). The first-order valence-corrected chi connectivity index (χ1v) is 12.0. The summed E-state index contributed by atoms with van der Waals surface area (Å²) in [7, 11) is 1.60. The molecule has 0 aliphatic rings. The largest absolute Gasteiger partial charge is 0.497 e. The van der Waals surface area contributed by atoms with Crippen molar-refractivity contribution in [2.24, 2.45) is 0 Å². The van der Waals surface area contributed by atoms with Gasteiger partial charge in [-0.1, -0.05) is 30.3 Å². The van der Waals surface area contributed by atoms with Gasteiger partial charge in [0.15, 0.2) is 0 Å². The summed E-state index contributed by atoms with van der Waals surface area (Å²) >= 11 is 2.92. The highest BCUT2D eigenvalue weighted by Crippen LogP contribution is 2.30. The minimum Gasteiger partial charge on any atom is -0.497 e. The Morgan fingerprint density at radius 3 is 2.78 bits per heavy atom. The van der Waals surface area contributed by atoms with Crippen molar-refractivity contribution >= 4 is 51.5 Å². The quantitative estimate of drug-likeness (QED) is 0.346. The van der Waals surface area contributed by atoms with Crippen molar-refractivity contribution < 1.29 is 14.3 Å². The third kappa shape index (κ3) is 5.33. The Kier molecular flexibility index (Phi) is 7.14. The fourth-order valence-corrected chi connectivity index (χ4v) is 4.87. The SMILES string of the molecule is COc1cccc(NC(=O)CSc2cn(CCNC(=O)c3cccs3)c3ccccc23)c1. The van der Waals surface area contributed by atoms with Gasteiger partial charge in [-0.2, -0.15) is 0 Å². The van der Waals surface area contributed by atoms with Crippen molar-refractivity contribution in [2.75, 3.05) is 24.7 Å². The van der Waals surface area contributed by atoms with E-state index in [1.807, 2.05) is 54.0 Å². The zero-order valence-electron chi connectivity index (χ0n) is 17.5. The van der Waals surface area contributed by atoms with Gasteiger partial charge in [0, 0.05) is 46.8 Å². The molecule has 2 aromatic carbocycles. The average Bonchev–Trinajstić information content (AvgIpc) is 3.47. The van der Waals surface area contributed by atoms with E-state index >= 15 is 0 Å². The number of methoxy groups -OCH3 is 1. The number of nitrogens with zero attached hydrogens (tertiary/aromatic N) is 1. The van der Waals surface area contributed by atoms with Gasteiger partial charge in [-0.25, -0.2) is 0 Å². The van der Waals surface area contributed by atoms with Gasteiger partial charge >= 0.3 is 0 Å². The van der Waals surface area contributed by atoms with Gasteiger partial charge in [0.05, 0.1) is 17.7 Å². The van der Waals surface area contributed by atoms with Gasteiger partial charge in [0.1, 0.15) is 5.75 Å². The van der Waals surface area contributed by atoms with Crippen LogP contribution in [0.1, 0.15) is 9.67 Å². The fourth-order valence-electron chi connectivity index (χ4n) is 3.34. The minimum atomic E-state index is -0.0803. The van der Waals surface area contributed by atoms with Gasteiger partial charge < -0.3 is 19.9 Å². The average molecular weight is 466 g/mol. The third-order valence-electron chi connectivity index (χ3n) is 4.85. The lowest BCUT2D eigenvalue weighted by Gasteiger charge is -2.07. The zero-order chi connectivity index (χ0) is 22.3. The van der Waals surface area contributed by atoms with Gasteiger partial charge in [0.25, 0.3) is 5.91 Å². The van der Waals surface area contributed by atoms with Crippen molar-refractivity contribution in [1.82, 2.24) is 9.88 Å². The molecule has 8 heteroatoms. The molecule has 4 aromatic rings. The van der Waals surface area contributed by atoms with Crippen LogP contribution in [0.25, 0.3) is 10.9 Å². The second-order valence-corrected chi connectivity index (χ2v) is 8.97. The van der Waals surface area contributed by atoms with Crippen LogP contribution in [0, 0.1) is 0 Å². The number of ether oxygens (including phenoxy) is 1. The van der Waals surface area contributed by atoms with Crippen molar-refractivity contribution in [3.8, 4) is 5.75 Å². The van der Waals surface area contributed by atoms with E-state index in [0.717, 1.165) is 15.8 Å². The topological polar surface area (TPSA) is 72.4 Å². The molecule has 32 heavy (non-hydrogen) atoms. The first-order chi connectivity index (χ1) is 15.6. The lowest BCUT2D eigenvalue weighted by molar-refractivity contribution is -0.113. The van der Waals surface area contributed by atoms with Crippen LogP contribution in [0.15, 0.2) is 77.1 Å². The summed E-state index contributed by atoms with van der Waals surface area (Å²) in [5, 5.41) is 8.86. The number of amides is 2. The van der Waals surface area contributed by atoms with Crippen LogP contribution in [0.3, 0.4) is 0 Å². The first kappa shape index (κ1) is 22.0. The molecule has 4 rings (SSSR count). The summed E-state index contributed by atoms with van der Waals surface area (Å²) in [5.41, 5.74) is 1.78. The predicted molar refractivity (Wildman–Crippen MR) is 131 cm³/mol. The molecule has 0 spiro atoms. The van der Waals surface area contributed by atoms with Gasteiger partial charge in [-0.15, -0.1) is 23.1 Å². The van der Waals surface area contributed by atoms with E-state index in [9.17, 15) is 9.59 Å². The van der Waals surface area contributed by atoms with Crippen LogP contribution in [-0.2, 0) is 11.3 Å². The minimum absolute atomic E-state index is 0.0553. The second-order valence-electron chi connectivity index (χ2n) is 7.01. The van der Waals surface area contributed by atoms with Crippen molar-refractivity contribution in [1.29, 1.82) is 0 Å². The van der Waals surface area contributed by atoms with E-state index in [0.29, 0.717) is 35.2 Å². The normalized spacial score (nSPS) is 10.8. The van der Waals surface area contributed by atoms with Crippen molar-refractivity contribution in [3.05, 3.63) is 77.1 Å². The molecule has 2 N–H and O–H groups in total. The molecule has 0 aliphatic carbocycles. The molecule has 2 aromatic heterocycles. The maximum absolute atomic E-state index is 12.5. The number of thiophene rings is 1. The molecule has 0 radical (unpaired) electrons. The van der Waals surface area contributed by atoms with E-state index in [1.165, 1.54) is 23.1 Å². The van der Waals surface area contributed by atoms with E-state index in [-0.39, 0.29) is 11.8 Å². The summed E-state index contributed by atoms with van der Waals surface area (Å²) < 4.78 is 7.32. The van der Waals surface area contributed by atoms with Gasteiger partial charge in [-0.3, -0.25) is 9.59 Å². The third-order valence-corrected chi connectivity index (χ3v) is 6.76. The van der Waals surface area contributed by atoms with E-state index in [4.69, 9.17) is 4.74 Å². The van der Waals surface area contributed by atoms with E-state index in [2.05, 4.69) is 27.3 Å². The van der Waals surface area contributed by atoms with Crippen LogP contribution in [-0.4, -0.2) is 35.8 Å². The van der Waals surface area contributed by atoms with Crippen LogP contribution < -0.4 is 15.4 Å². The highest BCUT2D eigenvalue weighted by atomic mass is 32.2. The van der Waals surface area contributed by atoms with Crippen LogP contribution in [0.4, 0.5) is 5.69 Å². The number of benzene rings is 2. The Hall–Kier alpha value is -3.23. The van der Waals surface area contributed by atoms with Crippen LogP contribution >= 0.6 is 23.1 Å². The van der Waals surface area contributed by atoms with Gasteiger partial charge in [-0.05, 0) is 29.6 Å². The molecule has 0 bridgehead atoms. The molecule has 164 valence electrons. The number of fused-ring (bicyclic) bond motifs is 1. The van der Waals surface area contributed by atoms with Crippen LogP contribution in [0.2, 0.25) is 0 Å². The Labute approximate surface area is 194 Å². The number of aromatic nitrogens is 1. The number of nitrogens with one attached hydrogen (secondary N) is 2. The molecule has 0 saturated heterocycles. The maximum atomic E-state index is 12.5. The Balaban J connectivity index is 1.38. The monoisotopic (exact) mass is 465 g/mol. The zero-order valence-corrected chi connectivity index (χ0v) is 19.2. The molecular weight excluding hydrogens is 442 g/mol. The number of hydrogen-bond donors (Lipinski definition) is 2. The molecule has 2 amide bonds. The highest BCUT2D eigenvalue weighted by Gasteiger charge is 2.12. The van der Waals surface area contributed by atoms with Crippen LogP contribution in [0.5, 0.6) is 5.75 Å². The number of thioether (sulfide) groups is 1. The molecule has 6 nitrogen and oxygen atoms in total. The number of carbonyl (C=O) groups is 2. The molecular formula is C24H23N3O3S2. The fraction of sp³-hybridized carbons (Fsp3) is 0.167. The van der Waals surface area contributed by atoms with Crippen molar-refractivity contribution in [3.63, 3.8) is 0 Å². The molecule has 0 saturated carbocycles. The summed E-state index contributed by atoms with van der Waals surface area (Å²) in [5.74, 6) is 0.855. The summed E-state index contributed by atoms with van der Waals surface area (Å²) in [4.78, 5) is 26.4. The highest BCUT2D eigenvalue weighted by molar-refractivity contribution is 8.00. The molecule has 2 heterocycles. The van der Waals surface area contributed by atoms with Crippen molar-refractivity contribution in [2.45, 2.75) is 11.4 Å². The summed E-state index contributed by atoms with van der Waals surface area (Å²) in [6.45, 7) is 1.17. The maximum Gasteiger partial charge on any atom is 0.261 e. The Morgan fingerprint density at radius 2 is 1.97 bits per heavy atom. The van der Waals surface area contributed by atoms with E-state index in [1.54, 1.807) is 13.2 Å². The number of anilines is 1. The second kappa shape index (κ2) is 10.4. The van der Waals surface area contributed by atoms with E-state index < -0.39 is 0 Å². The molecule has 0 atom stereocenters. The predicted octanol–water partition coefficient (Wildman–Crippen LogP) is 4.87. The number of carbonyl (C=O) groups excluding carboxylic acids is 2. The number of hydrogen-bond acceptors (Lipinski definition) is 5. The Bertz CT molecular complexity index is 1220. The first-order valence-electron chi connectivity index (χ1n) is 10.1. The smallest absolute Gasteiger partial charge is 0.261 e. The summed E-state index contributed by atoms with van der Waals surface area (Å²) in [6, 6.07) is 19.1. The molecule has 0 unspecified atom stereocenters. The number of para-hydroxylation sites is 1. The lowest BCUT2D eigenvalue weighted by Crippen LogP contribution is -2.26. The lowest BCUT2D eigenvalue weighted by atomic mass is 10.2. The Morgan fingerprint density at radius 1 is 1.09 bits per heavy atom. The molecule has 0 fully saturated rings. The summed E-state index contributed by atoms with van der Waals surface area (Å²) in [6.07, 6.45) is 2.05.